The Morgan fingerprint density at radius 1 is 1.14 bits per heavy atom. The number of nitrogens with zero attached hydrogens (tertiary/aromatic N) is 5. The largest absolute Gasteiger partial charge is 0.352 e. The number of rotatable bonds is 2. The van der Waals surface area contributed by atoms with E-state index in [0.29, 0.717) is 18.8 Å². The zero-order chi connectivity index (χ0) is 14.9. The van der Waals surface area contributed by atoms with Gasteiger partial charge in [0.2, 0.25) is 0 Å². The van der Waals surface area contributed by atoms with E-state index in [1.165, 1.54) is 18.3 Å². The molecule has 7 nitrogen and oxygen atoms in total. The van der Waals surface area contributed by atoms with Crippen LogP contribution in [0.25, 0.3) is 0 Å². The molecule has 1 N–H and O–H groups in total. The minimum absolute atomic E-state index is 0.0113. The Balaban J connectivity index is 1.42. The number of aromatic amines is 1. The van der Waals surface area contributed by atoms with Gasteiger partial charge in [-0.1, -0.05) is 0 Å². The molecule has 22 heavy (non-hydrogen) atoms. The smallest absolute Gasteiger partial charge is 0.272 e. The Morgan fingerprint density at radius 3 is 2.77 bits per heavy atom. The lowest BCUT2D eigenvalue weighted by Gasteiger charge is -2.35. The molecule has 1 aliphatic carbocycles. The van der Waals surface area contributed by atoms with Crippen molar-refractivity contribution in [3.8, 4) is 0 Å². The fraction of sp³-hybridized carbons (Fsp3) is 0.467. The third-order valence-electron chi connectivity index (χ3n) is 4.43. The van der Waals surface area contributed by atoms with E-state index in [4.69, 9.17) is 0 Å². The van der Waals surface area contributed by atoms with Gasteiger partial charge in [-0.05, 0) is 30.9 Å². The molecule has 4 rings (SSSR count). The summed E-state index contributed by atoms with van der Waals surface area (Å²) < 4.78 is 0. The van der Waals surface area contributed by atoms with Crippen molar-refractivity contribution in [3.05, 3.63) is 35.5 Å². The third kappa shape index (κ3) is 2.32. The molecule has 0 radical (unpaired) electrons. The predicted octanol–water partition coefficient (Wildman–Crippen LogP) is 0.651. The van der Waals surface area contributed by atoms with Gasteiger partial charge >= 0.3 is 0 Å². The van der Waals surface area contributed by atoms with Gasteiger partial charge in [0.05, 0.1) is 18.2 Å². The standard InChI is InChI=1S/C15H18N6O/c22-15(13-9-16-10-17-13)21-6-4-20(5-7-21)14-8-11-2-1-3-12(11)18-19-14/h8-10H,1-7H2,(H,16,17). The Hall–Kier alpha value is -2.44. The number of imidazole rings is 1. The van der Waals surface area contributed by atoms with Crippen molar-refractivity contribution in [2.24, 2.45) is 0 Å². The number of nitrogens with one attached hydrogen (secondary N) is 1. The summed E-state index contributed by atoms with van der Waals surface area (Å²) in [5.41, 5.74) is 3.03. The summed E-state index contributed by atoms with van der Waals surface area (Å²) in [4.78, 5) is 23.1. The Bertz CT molecular complexity index is 675. The van der Waals surface area contributed by atoms with E-state index in [1.807, 2.05) is 4.90 Å². The predicted molar refractivity (Wildman–Crippen MR) is 80.8 cm³/mol. The second-order valence-corrected chi connectivity index (χ2v) is 5.77. The number of piperazine rings is 1. The number of aromatic nitrogens is 4. The van der Waals surface area contributed by atoms with Gasteiger partial charge in [-0.3, -0.25) is 4.79 Å². The maximum Gasteiger partial charge on any atom is 0.272 e. The number of hydrogen-bond acceptors (Lipinski definition) is 5. The highest BCUT2D eigenvalue weighted by atomic mass is 16.2. The van der Waals surface area contributed by atoms with Crippen LogP contribution < -0.4 is 4.90 Å². The van der Waals surface area contributed by atoms with E-state index < -0.39 is 0 Å². The van der Waals surface area contributed by atoms with E-state index >= 15 is 0 Å². The zero-order valence-corrected chi connectivity index (χ0v) is 12.3. The molecule has 0 bridgehead atoms. The molecule has 3 heterocycles. The summed E-state index contributed by atoms with van der Waals surface area (Å²) in [6, 6.07) is 2.17. The van der Waals surface area contributed by atoms with Crippen molar-refractivity contribution in [2.45, 2.75) is 19.3 Å². The normalized spacial score (nSPS) is 17.6. The van der Waals surface area contributed by atoms with Crippen LogP contribution in [-0.4, -0.2) is 57.2 Å². The number of aryl methyl sites for hydroxylation is 2. The van der Waals surface area contributed by atoms with Crippen LogP contribution in [-0.2, 0) is 12.8 Å². The van der Waals surface area contributed by atoms with Gasteiger partial charge in [0.1, 0.15) is 5.69 Å². The number of anilines is 1. The van der Waals surface area contributed by atoms with Crippen molar-refractivity contribution in [3.63, 3.8) is 0 Å². The van der Waals surface area contributed by atoms with Crippen molar-refractivity contribution < 1.29 is 4.79 Å². The van der Waals surface area contributed by atoms with Crippen LogP contribution in [0.4, 0.5) is 5.82 Å². The van der Waals surface area contributed by atoms with Crippen LogP contribution in [0.5, 0.6) is 0 Å². The molecule has 2 aromatic heterocycles. The summed E-state index contributed by atoms with van der Waals surface area (Å²) in [6.07, 6.45) is 6.44. The highest BCUT2D eigenvalue weighted by Gasteiger charge is 2.24. The molecule has 0 unspecified atom stereocenters. The Morgan fingerprint density at radius 2 is 2.00 bits per heavy atom. The molecule has 1 fully saturated rings. The minimum atomic E-state index is 0.0113. The summed E-state index contributed by atoms with van der Waals surface area (Å²) in [5.74, 6) is 0.950. The number of H-pyrrole nitrogens is 1. The van der Waals surface area contributed by atoms with Gasteiger partial charge < -0.3 is 14.8 Å². The molecule has 0 spiro atoms. The van der Waals surface area contributed by atoms with Gasteiger partial charge in [0.25, 0.3) is 5.91 Å². The molecular formula is C15H18N6O. The lowest BCUT2D eigenvalue weighted by Crippen LogP contribution is -2.49. The first-order valence-corrected chi connectivity index (χ1v) is 7.69. The molecule has 2 aromatic rings. The van der Waals surface area contributed by atoms with Crippen molar-refractivity contribution in [2.75, 3.05) is 31.1 Å². The fourth-order valence-corrected chi connectivity index (χ4v) is 3.15. The van der Waals surface area contributed by atoms with E-state index in [0.717, 1.165) is 37.4 Å². The summed E-state index contributed by atoms with van der Waals surface area (Å²) in [7, 11) is 0. The monoisotopic (exact) mass is 298 g/mol. The maximum absolute atomic E-state index is 12.3. The molecule has 1 saturated heterocycles. The van der Waals surface area contributed by atoms with Crippen molar-refractivity contribution in [1.82, 2.24) is 25.1 Å². The lowest BCUT2D eigenvalue weighted by atomic mass is 10.2. The average molecular weight is 298 g/mol. The molecular weight excluding hydrogens is 280 g/mol. The minimum Gasteiger partial charge on any atom is -0.352 e. The maximum atomic E-state index is 12.3. The number of carbonyl (C=O) groups excluding carboxylic acids is 1. The zero-order valence-electron chi connectivity index (χ0n) is 12.3. The van der Waals surface area contributed by atoms with Crippen molar-refractivity contribution >= 4 is 11.7 Å². The number of fused-ring (bicyclic) bond motifs is 1. The molecule has 0 saturated carbocycles. The molecule has 1 amide bonds. The SMILES string of the molecule is O=C(c1cnc[nH]1)N1CCN(c2cc3c(nn2)CCC3)CC1. The van der Waals surface area contributed by atoms with Gasteiger partial charge in [0.15, 0.2) is 5.82 Å². The molecule has 1 aliphatic heterocycles. The first-order chi connectivity index (χ1) is 10.8. The second kappa shape index (κ2) is 5.40. The molecule has 2 aliphatic rings. The molecule has 0 atom stereocenters. The highest BCUT2D eigenvalue weighted by molar-refractivity contribution is 5.92. The van der Waals surface area contributed by atoms with Crippen LogP contribution >= 0.6 is 0 Å². The fourth-order valence-electron chi connectivity index (χ4n) is 3.15. The van der Waals surface area contributed by atoms with Crippen LogP contribution in [0.15, 0.2) is 18.6 Å². The average Bonchev–Trinajstić information content (AvgIpc) is 3.25. The van der Waals surface area contributed by atoms with E-state index in [9.17, 15) is 4.79 Å². The Kier molecular flexibility index (Phi) is 3.25. The number of hydrogen-bond donors (Lipinski definition) is 1. The molecule has 114 valence electrons. The van der Waals surface area contributed by atoms with Crippen molar-refractivity contribution in [1.29, 1.82) is 0 Å². The number of carbonyl (C=O) groups is 1. The van der Waals surface area contributed by atoms with Gasteiger partial charge in [-0.2, -0.15) is 5.10 Å². The first-order valence-electron chi connectivity index (χ1n) is 7.69. The summed E-state index contributed by atoms with van der Waals surface area (Å²) in [5, 5.41) is 8.69. The van der Waals surface area contributed by atoms with Gasteiger partial charge in [0, 0.05) is 26.2 Å². The third-order valence-corrected chi connectivity index (χ3v) is 4.43. The quantitative estimate of drug-likeness (QED) is 0.881. The Labute approximate surface area is 128 Å². The molecule has 7 heteroatoms. The van der Waals surface area contributed by atoms with E-state index in [2.05, 4.69) is 31.1 Å². The van der Waals surface area contributed by atoms with E-state index in [1.54, 1.807) is 6.20 Å². The first kappa shape index (κ1) is 13.2. The summed E-state index contributed by atoms with van der Waals surface area (Å²) in [6.45, 7) is 2.95. The van der Waals surface area contributed by atoms with Crippen LogP contribution in [0.1, 0.15) is 28.2 Å². The van der Waals surface area contributed by atoms with E-state index in [-0.39, 0.29) is 5.91 Å². The van der Waals surface area contributed by atoms with Gasteiger partial charge in [-0.15, -0.1) is 5.10 Å². The topological polar surface area (TPSA) is 78.0 Å². The highest BCUT2D eigenvalue weighted by Crippen LogP contribution is 2.23. The van der Waals surface area contributed by atoms with Crippen LogP contribution in [0, 0.1) is 0 Å². The summed E-state index contributed by atoms with van der Waals surface area (Å²) >= 11 is 0. The number of amides is 1. The lowest BCUT2D eigenvalue weighted by molar-refractivity contribution is 0.0741. The van der Waals surface area contributed by atoms with Crippen LogP contribution in [0.2, 0.25) is 0 Å². The van der Waals surface area contributed by atoms with Gasteiger partial charge in [-0.25, -0.2) is 4.98 Å². The molecule has 0 aromatic carbocycles. The second-order valence-electron chi connectivity index (χ2n) is 5.77. The van der Waals surface area contributed by atoms with Crippen LogP contribution in [0.3, 0.4) is 0 Å².